The summed E-state index contributed by atoms with van der Waals surface area (Å²) < 4.78 is 0. The van der Waals surface area contributed by atoms with E-state index in [0.29, 0.717) is 0 Å². The first-order chi connectivity index (χ1) is 2.64. The molecule has 0 aliphatic heterocycles. The van der Waals surface area contributed by atoms with Crippen molar-refractivity contribution in [1.29, 1.82) is 0 Å². The van der Waals surface area contributed by atoms with Gasteiger partial charge in [-0.2, -0.15) is 0 Å². The van der Waals surface area contributed by atoms with Crippen LogP contribution in [0.4, 0.5) is 0 Å². The molecule has 0 amide bonds. The summed E-state index contributed by atoms with van der Waals surface area (Å²) in [5.41, 5.74) is 0. The van der Waals surface area contributed by atoms with E-state index in [1.54, 1.807) is 0 Å². The Kier molecular flexibility index (Phi) is 8.14. The van der Waals surface area contributed by atoms with Gasteiger partial charge in [-0.15, -0.1) is 0 Å². The number of rotatable bonds is 1. The Labute approximate surface area is 84.1 Å². The standard InChI is InChI=1S/C3H6O3.K.H/c1-2(4)3(5)6;;/h2,4H,1H3,(H,5,6);;/t2-;;/m1../s1. The SMILES string of the molecule is C[C@@H](O)C(=O)O.[KH]. The van der Waals surface area contributed by atoms with Gasteiger partial charge in [0.05, 0.1) is 0 Å². The van der Waals surface area contributed by atoms with Crippen molar-refractivity contribution in [2.75, 3.05) is 0 Å². The van der Waals surface area contributed by atoms with Gasteiger partial charge in [0.2, 0.25) is 0 Å². The number of aliphatic hydroxyl groups is 1. The zero-order valence-electron chi connectivity index (χ0n) is 3.38. The molecule has 7 heavy (non-hydrogen) atoms. The first kappa shape index (κ1) is 10.9. The molecular weight excluding hydrogens is 123 g/mol. The summed E-state index contributed by atoms with van der Waals surface area (Å²) >= 11 is 0. The van der Waals surface area contributed by atoms with E-state index in [9.17, 15) is 4.79 Å². The molecule has 0 aromatic carbocycles. The van der Waals surface area contributed by atoms with Crippen LogP contribution in [0.2, 0.25) is 0 Å². The molecule has 0 radical (unpaired) electrons. The third-order valence-electron chi connectivity index (χ3n) is 0.357. The quantitative estimate of drug-likeness (QED) is 0.438. The van der Waals surface area contributed by atoms with E-state index in [1.807, 2.05) is 0 Å². The predicted octanol–water partition coefficient (Wildman–Crippen LogP) is -1.20. The topological polar surface area (TPSA) is 57.5 Å². The molecule has 0 saturated heterocycles. The van der Waals surface area contributed by atoms with Crippen molar-refractivity contribution in [2.24, 2.45) is 0 Å². The van der Waals surface area contributed by atoms with Crippen molar-refractivity contribution < 1.29 is 15.0 Å². The van der Waals surface area contributed by atoms with Gasteiger partial charge in [-0.25, -0.2) is 4.79 Å². The van der Waals surface area contributed by atoms with Crippen molar-refractivity contribution in [1.82, 2.24) is 0 Å². The van der Waals surface area contributed by atoms with Crippen LogP contribution in [0.5, 0.6) is 0 Å². The average molecular weight is 130 g/mol. The molecule has 0 rings (SSSR count). The van der Waals surface area contributed by atoms with E-state index in [4.69, 9.17) is 10.2 Å². The summed E-state index contributed by atoms with van der Waals surface area (Å²) in [6, 6.07) is 0. The second-order valence-corrected chi connectivity index (χ2v) is 1.01. The number of carboxylic acids is 1. The molecule has 0 aliphatic carbocycles. The third-order valence-corrected chi connectivity index (χ3v) is 0.357. The molecule has 0 bridgehead atoms. The van der Waals surface area contributed by atoms with Crippen LogP contribution in [0, 0.1) is 0 Å². The molecule has 0 aliphatic rings. The molecule has 2 N–H and O–H groups in total. The summed E-state index contributed by atoms with van der Waals surface area (Å²) in [6.07, 6.45) is -1.23. The molecule has 0 aromatic heterocycles. The van der Waals surface area contributed by atoms with E-state index < -0.39 is 12.1 Å². The number of aliphatic hydroxyl groups excluding tert-OH is 1. The van der Waals surface area contributed by atoms with Crippen LogP contribution in [0.1, 0.15) is 6.92 Å². The Morgan fingerprint density at radius 3 is 1.86 bits per heavy atom. The normalized spacial score (nSPS) is 11.7. The molecule has 4 heteroatoms. The third kappa shape index (κ3) is 7.07. The van der Waals surface area contributed by atoms with E-state index in [1.165, 1.54) is 6.92 Å². The number of carboxylic acid groups (broad SMARTS) is 1. The van der Waals surface area contributed by atoms with Crippen LogP contribution >= 0.6 is 0 Å². The second-order valence-electron chi connectivity index (χ2n) is 1.01. The van der Waals surface area contributed by atoms with Gasteiger partial charge in [-0.3, -0.25) is 0 Å². The fraction of sp³-hybridized carbons (Fsp3) is 0.667. The van der Waals surface area contributed by atoms with Gasteiger partial charge < -0.3 is 10.2 Å². The molecule has 0 heterocycles. The Balaban J connectivity index is 0. The van der Waals surface area contributed by atoms with Crippen molar-refractivity contribution in [2.45, 2.75) is 13.0 Å². The maximum absolute atomic E-state index is 9.45. The van der Waals surface area contributed by atoms with Crippen LogP contribution in [-0.4, -0.2) is 73.7 Å². The molecular formula is C3H7KO3. The molecule has 3 nitrogen and oxygen atoms in total. The molecule has 0 unspecified atom stereocenters. The van der Waals surface area contributed by atoms with E-state index in [0.717, 1.165) is 0 Å². The molecule has 0 fully saturated rings. The summed E-state index contributed by atoms with van der Waals surface area (Å²) in [5, 5.41) is 15.8. The van der Waals surface area contributed by atoms with Gasteiger partial charge in [0, 0.05) is 0 Å². The van der Waals surface area contributed by atoms with Gasteiger partial charge in [-0.1, -0.05) is 0 Å². The van der Waals surface area contributed by atoms with Crippen LogP contribution in [0.3, 0.4) is 0 Å². The van der Waals surface area contributed by atoms with Crippen molar-refractivity contribution in [3.05, 3.63) is 0 Å². The van der Waals surface area contributed by atoms with Crippen molar-refractivity contribution in [3.8, 4) is 0 Å². The maximum atomic E-state index is 9.45. The van der Waals surface area contributed by atoms with Crippen LogP contribution in [0.25, 0.3) is 0 Å². The fourth-order valence-corrected chi connectivity index (χ4v) is 0. The summed E-state index contributed by atoms with van der Waals surface area (Å²) in [7, 11) is 0. The van der Waals surface area contributed by atoms with E-state index >= 15 is 0 Å². The van der Waals surface area contributed by atoms with Crippen molar-refractivity contribution in [3.63, 3.8) is 0 Å². The van der Waals surface area contributed by atoms with Crippen LogP contribution < -0.4 is 0 Å². The molecule has 1 atom stereocenters. The number of hydrogen-bond donors (Lipinski definition) is 2. The van der Waals surface area contributed by atoms with Gasteiger partial charge in [0.1, 0.15) is 6.10 Å². The summed E-state index contributed by atoms with van der Waals surface area (Å²) in [5.74, 6) is -1.19. The molecule has 0 aromatic rings. The average Bonchev–Trinajstić information content (AvgIpc) is 1.36. The minimum atomic E-state index is -1.23. The number of aliphatic carboxylic acids is 1. The second kappa shape index (κ2) is 5.21. The van der Waals surface area contributed by atoms with Gasteiger partial charge in [0.15, 0.2) is 0 Å². The summed E-state index contributed by atoms with van der Waals surface area (Å²) in [6.45, 7) is 1.20. The first-order valence-corrected chi connectivity index (χ1v) is 1.55. The van der Waals surface area contributed by atoms with Gasteiger partial charge in [0.25, 0.3) is 0 Å². The van der Waals surface area contributed by atoms with E-state index in [2.05, 4.69) is 0 Å². The summed E-state index contributed by atoms with van der Waals surface area (Å²) in [4.78, 5) is 9.45. The predicted molar refractivity (Wildman–Crippen MR) is 26.5 cm³/mol. The van der Waals surface area contributed by atoms with Crippen LogP contribution in [-0.2, 0) is 4.79 Å². The first-order valence-electron chi connectivity index (χ1n) is 1.55. The Hall–Kier alpha value is 1.07. The number of hydrogen-bond acceptors (Lipinski definition) is 2. The monoisotopic (exact) mass is 130 g/mol. The van der Waals surface area contributed by atoms with Crippen LogP contribution in [0.15, 0.2) is 0 Å². The Morgan fingerprint density at radius 2 is 1.86 bits per heavy atom. The fourth-order valence-electron chi connectivity index (χ4n) is 0. The zero-order valence-corrected chi connectivity index (χ0v) is 3.38. The van der Waals surface area contributed by atoms with Gasteiger partial charge in [-0.05, 0) is 6.92 Å². The Morgan fingerprint density at radius 1 is 1.71 bits per heavy atom. The molecule has 0 spiro atoms. The zero-order chi connectivity index (χ0) is 5.15. The molecule has 0 saturated carbocycles. The van der Waals surface area contributed by atoms with Crippen molar-refractivity contribution >= 4 is 57.4 Å². The minimum absolute atomic E-state index is 0. The van der Waals surface area contributed by atoms with E-state index in [-0.39, 0.29) is 51.4 Å². The Bertz CT molecular complexity index is 61.2. The van der Waals surface area contributed by atoms with Gasteiger partial charge >= 0.3 is 57.4 Å². The number of carbonyl (C=O) groups is 1. The molecule has 38 valence electrons.